The van der Waals surface area contributed by atoms with Gasteiger partial charge in [0.2, 0.25) is 5.91 Å². The van der Waals surface area contributed by atoms with E-state index in [9.17, 15) is 4.79 Å². The molecule has 0 saturated heterocycles. The highest BCUT2D eigenvalue weighted by atomic mass is 35.5. The Morgan fingerprint density at radius 2 is 1.43 bits per heavy atom. The van der Waals surface area contributed by atoms with E-state index in [1.807, 2.05) is 0 Å². The maximum absolute atomic E-state index is 12.3. The van der Waals surface area contributed by atoms with E-state index in [2.05, 4.69) is 10.6 Å². The first-order valence-electron chi connectivity index (χ1n) is 8.85. The van der Waals surface area contributed by atoms with E-state index in [-0.39, 0.29) is 12.4 Å². The highest BCUT2D eigenvalue weighted by Crippen LogP contribution is 2.49. The van der Waals surface area contributed by atoms with Crippen LogP contribution in [0.1, 0.15) is 64.2 Å². The van der Waals surface area contributed by atoms with Gasteiger partial charge in [-0.2, -0.15) is 0 Å². The quantitative estimate of drug-likeness (QED) is 0.559. The monoisotopic (exact) mass is 314 g/mol. The summed E-state index contributed by atoms with van der Waals surface area (Å²) in [5.74, 6) is 2.14. The Kier molecular flexibility index (Phi) is 6.81. The molecule has 3 aliphatic carbocycles. The summed E-state index contributed by atoms with van der Waals surface area (Å²) < 4.78 is 0. The van der Waals surface area contributed by atoms with Crippen LogP contribution >= 0.6 is 12.4 Å². The molecule has 0 atom stereocenters. The standard InChI is InChI=1S/C17H30N2O.ClH/c20-17(16(13-7-8-13)14-9-10-14)19-12-11-18-15-5-3-1-2-4-6-15;/h13-16,18H,1-12H2,(H,19,20);1H. The van der Waals surface area contributed by atoms with Crippen LogP contribution in [0.3, 0.4) is 0 Å². The van der Waals surface area contributed by atoms with Crippen molar-refractivity contribution in [1.29, 1.82) is 0 Å². The number of carbonyl (C=O) groups is 1. The lowest BCUT2D eigenvalue weighted by Gasteiger charge is -2.18. The molecule has 0 unspecified atom stereocenters. The second kappa shape index (κ2) is 8.38. The molecule has 0 aromatic heterocycles. The smallest absolute Gasteiger partial charge is 0.223 e. The fraction of sp³-hybridized carbons (Fsp3) is 0.941. The first-order valence-corrected chi connectivity index (χ1v) is 8.85. The fourth-order valence-corrected chi connectivity index (χ4v) is 3.79. The third kappa shape index (κ3) is 5.45. The van der Waals surface area contributed by atoms with Crippen LogP contribution in [0, 0.1) is 17.8 Å². The number of halogens is 1. The molecule has 2 N–H and O–H groups in total. The van der Waals surface area contributed by atoms with Crippen molar-refractivity contribution in [2.45, 2.75) is 70.3 Å². The molecular weight excluding hydrogens is 284 g/mol. The summed E-state index contributed by atoms with van der Waals surface area (Å²) in [5, 5.41) is 6.81. The topological polar surface area (TPSA) is 41.1 Å². The van der Waals surface area contributed by atoms with Gasteiger partial charge >= 0.3 is 0 Å². The van der Waals surface area contributed by atoms with Gasteiger partial charge < -0.3 is 10.6 Å². The van der Waals surface area contributed by atoms with Crippen LogP contribution in [0.2, 0.25) is 0 Å². The molecule has 3 aliphatic rings. The van der Waals surface area contributed by atoms with Crippen molar-refractivity contribution in [1.82, 2.24) is 10.6 Å². The first kappa shape index (κ1) is 17.1. The van der Waals surface area contributed by atoms with Crippen molar-refractivity contribution in [3.63, 3.8) is 0 Å². The van der Waals surface area contributed by atoms with Gasteiger partial charge in [-0.05, 0) is 50.4 Å². The lowest BCUT2D eigenvalue weighted by atomic mass is 9.97. The van der Waals surface area contributed by atoms with Crippen molar-refractivity contribution in [2.24, 2.45) is 17.8 Å². The Morgan fingerprint density at radius 3 is 1.95 bits per heavy atom. The minimum absolute atomic E-state index is 0. The largest absolute Gasteiger partial charge is 0.355 e. The Labute approximate surface area is 135 Å². The molecular formula is C17H31ClN2O. The summed E-state index contributed by atoms with van der Waals surface area (Å²) in [5.41, 5.74) is 0. The van der Waals surface area contributed by atoms with Crippen molar-refractivity contribution in [3.8, 4) is 0 Å². The molecule has 21 heavy (non-hydrogen) atoms. The predicted molar refractivity (Wildman–Crippen MR) is 88.7 cm³/mol. The maximum Gasteiger partial charge on any atom is 0.223 e. The Balaban J connectivity index is 0.00000161. The van der Waals surface area contributed by atoms with Crippen molar-refractivity contribution in [2.75, 3.05) is 13.1 Å². The second-order valence-corrected chi connectivity index (χ2v) is 7.13. The van der Waals surface area contributed by atoms with Crippen LogP contribution in [0.25, 0.3) is 0 Å². The van der Waals surface area contributed by atoms with E-state index in [4.69, 9.17) is 0 Å². The molecule has 0 spiro atoms. The summed E-state index contributed by atoms with van der Waals surface area (Å²) in [6, 6.07) is 0.692. The number of hydrogen-bond donors (Lipinski definition) is 2. The van der Waals surface area contributed by atoms with Crippen LogP contribution in [0.4, 0.5) is 0 Å². The zero-order chi connectivity index (χ0) is 13.8. The molecule has 122 valence electrons. The summed E-state index contributed by atoms with van der Waals surface area (Å²) in [4.78, 5) is 12.3. The van der Waals surface area contributed by atoms with Gasteiger partial charge in [0, 0.05) is 25.0 Å². The van der Waals surface area contributed by atoms with Crippen LogP contribution in [-0.2, 0) is 4.79 Å². The summed E-state index contributed by atoms with van der Waals surface area (Å²) in [7, 11) is 0. The van der Waals surface area contributed by atoms with Gasteiger partial charge in [0.15, 0.2) is 0 Å². The fourth-order valence-electron chi connectivity index (χ4n) is 3.79. The molecule has 0 aliphatic heterocycles. The molecule has 0 aromatic rings. The zero-order valence-corrected chi connectivity index (χ0v) is 13.9. The number of carbonyl (C=O) groups excluding carboxylic acids is 1. The van der Waals surface area contributed by atoms with Gasteiger partial charge in [-0.3, -0.25) is 4.79 Å². The van der Waals surface area contributed by atoms with Gasteiger partial charge in [-0.25, -0.2) is 0 Å². The molecule has 0 aromatic carbocycles. The molecule has 3 saturated carbocycles. The number of nitrogens with one attached hydrogen (secondary N) is 2. The normalized spacial score (nSPS) is 23.5. The van der Waals surface area contributed by atoms with Gasteiger partial charge in [0.05, 0.1) is 0 Å². The molecule has 4 heteroatoms. The average molecular weight is 315 g/mol. The molecule has 3 rings (SSSR count). The summed E-state index contributed by atoms with van der Waals surface area (Å²) >= 11 is 0. The van der Waals surface area contributed by atoms with Gasteiger partial charge in [-0.1, -0.05) is 25.7 Å². The highest BCUT2D eigenvalue weighted by molar-refractivity contribution is 5.85. The lowest BCUT2D eigenvalue weighted by molar-refractivity contribution is -0.126. The van der Waals surface area contributed by atoms with Crippen molar-refractivity contribution < 1.29 is 4.79 Å². The van der Waals surface area contributed by atoms with E-state index in [1.54, 1.807) is 0 Å². The second-order valence-electron chi connectivity index (χ2n) is 7.13. The summed E-state index contributed by atoms with van der Waals surface area (Å²) in [6.45, 7) is 1.75. The molecule has 0 heterocycles. The van der Waals surface area contributed by atoms with Crippen LogP contribution in [0.5, 0.6) is 0 Å². The van der Waals surface area contributed by atoms with E-state index < -0.39 is 0 Å². The first-order chi connectivity index (χ1) is 9.84. The number of rotatable bonds is 7. The van der Waals surface area contributed by atoms with E-state index in [0.717, 1.165) is 24.9 Å². The molecule has 0 bridgehead atoms. The minimum atomic E-state index is 0. The molecule has 3 nitrogen and oxygen atoms in total. The zero-order valence-electron chi connectivity index (χ0n) is 13.1. The third-order valence-electron chi connectivity index (χ3n) is 5.27. The molecule has 3 fully saturated rings. The number of hydrogen-bond acceptors (Lipinski definition) is 2. The summed E-state index contributed by atoms with van der Waals surface area (Å²) in [6.07, 6.45) is 13.3. The van der Waals surface area contributed by atoms with Gasteiger partial charge in [0.25, 0.3) is 0 Å². The van der Waals surface area contributed by atoms with Crippen LogP contribution < -0.4 is 10.6 Å². The van der Waals surface area contributed by atoms with Gasteiger partial charge in [0.1, 0.15) is 0 Å². The Hall–Kier alpha value is -0.280. The predicted octanol–water partition coefficient (Wildman–Crippen LogP) is 3.27. The van der Waals surface area contributed by atoms with Gasteiger partial charge in [-0.15, -0.1) is 12.4 Å². The van der Waals surface area contributed by atoms with Crippen LogP contribution in [0.15, 0.2) is 0 Å². The lowest BCUT2D eigenvalue weighted by Crippen LogP contribution is -2.40. The van der Waals surface area contributed by atoms with E-state index in [0.29, 0.717) is 17.9 Å². The van der Waals surface area contributed by atoms with E-state index >= 15 is 0 Å². The highest BCUT2D eigenvalue weighted by Gasteiger charge is 2.45. The minimum Gasteiger partial charge on any atom is -0.355 e. The Morgan fingerprint density at radius 1 is 0.857 bits per heavy atom. The Bertz CT molecular complexity index is 309. The SMILES string of the molecule is Cl.O=C(NCCNC1CCCCCC1)C(C1CC1)C1CC1. The number of amides is 1. The van der Waals surface area contributed by atoms with Crippen LogP contribution in [-0.4, -0.2) is 25.0 Å². The van der Waals surface area contributed by atoms with Crippen molar-refractivity contribution in [3.05, 3.63) is 0 Å². The van der Waals surface area contributed by atoms with E-state index in [1.165, 1.54) is 64.2 Å². The average Bonchev–Trinajstić information content (AvgIpc) is 3.30. The third-order valence-corrected chi connectivity index (χ3v) is 5.27. The van der Waals surface area contributed by atoms with Crippen molar-refractivity contribution >= 4 is 18.3 Å². The molecule has 1 amide bonds. The maximum atomic E-state index is 12.3. The molecule has 0 radical (unpaired) electrons.